The number of aromatic nitrogens is 1. The first-order valence-electron chi connectivity index (χ1n) is 6.18. The molecule has 5 heteroatoms. The summed E-state index contributed by atoms with van der Waals surface area (Å²) in [5.41, 5.74) is 7.91. The topological polar surface area (TPSA) is 52.0 Å². The van der Waals surface area contributed by atoms with Crippen LogP contribution in [0.1, 0.15) is 17.5 Å². The van der Waals surface area contributed by atoms with E-state index in [1.54, 1.807) is 0 Å². The quantitative estimate of drug-likeness (QED) is 0.796. The first-order chi connectivity index (χ1) is 9.63. The Hall–Kier alpha value is -2.27. The lowest BCUT2D eigenvalue weighted by Crippen LogP contribution is -2.14. The Balaban J connectivity index is 1.84. The van der Waals surface area contributed by atoms with E-state index in [1.165, 1.54) is 6.07 Å². The fourth-order valence-corrected chi connectivity index (χ4v) is 2.06. The maximum absolute atomic E-state index is 13.2. The number of para-hydroxylation sites is 2. The highest BCUT2D eigenvalue weighted by Gasteiger charge is 2.14. The molecule has 102 valence electrons. The summed E-state index contributed by atoms with van der Waals surface area (Å²) in [6.45, 7) is 0. The molecule has 0 aliphatic heterocycles. The number of nitrogens with zero attached hydrogens (tertiary/aromatic N) is 1. The second-order valence-electron chi connectivity index (χ2n) is 4.56. The van der Waals surface area contributed by atoms with Gasteiger partial charge in [0.05, 0.1) is 0 Å². The molecule has 0 aliphatic carbocycles. The summed E-state index contributed by atoms with van der Waals surface area (Å²) >= 11 is 0. The number of oxazole rings is 1. The van der Waals surface area contributed by atoms with Gasteiger partial charge in [-0.15, -0.1) is 0 Å². The molecule has 0 bridgehead atoms. The first-order valence-corrected chi connectivity index (χ1v) is 6.18. The third kappa shape index (κ3) is 2.40. The molecule has 1 unspecified atom stereocenters. The Kier molecular flexibility index (Phi) is 3.20. The van der Waals surface area contributed by atoms with Crippen LogP contribution in [0.15, 0.2) is 46.9 Å². The molecule has 1 heterocycles. The van der Waals surface area contributed by atoms with Crippen molar-refractivity contribution in [1.29, 1.82) is 0 Å². The van der Waals surface area contributed by atoms with Gasteiger partial charge in [0, 0.05) is 12.5 Å². The van der Waals surface area contributed by atoms with E-state index in [9.17, 15) is 8.78 Å². The summed E-state index contributed by atoms with van der Waals surface area (Å²) in [7, 11) is 0. The number of nitrogens with two attached hydrogens (primary N) is 1. The molecular weight excluding hydrogens is 262 g/mol. The molecular formula is C15H12F2N2O. The maximum Gasteiger partial charge on any atom is 0.197 e. The van der Waals surface area contributed by atoms with Crippen LogP contribution in [0.3, 0.4) is 0 Å². The van der Waals surface area contributed by atoms with Crippen LogP contribution >= 0.6 is 0 Å². The van der Waals surface area contributed by atoms with E-state index in [4.69, 9.17) is 10.2 Å². The standard InChI is InChI=1S/C15H12F2N2O/c16-10-6-5-9(7-11(10)17)12(18)8-15-19-13-3-1-2-4-14(13)20-15/h1-7,12H,8,18H2. The molecule has 0 amide bonds. The van der Waals surface area contributed by atoms with Crippen molar-refractivity contribution >= 4 is 11.1 Å². The van der Waals surface area contributed by atoms with Crippen LogP contribution in [0.5, 0.6) is 0 Å². The van der Waals surface area contributed by atoms with Gasteiger partial charge in [0.1, 0.15) is 5.52 Å². The number of fused-ring (bicyclic) bond motifs is 1. The van der Waals surface area contributed by atoms with Gasteiger partial charge in [-0.05, 0) is 29.8 Å². The van der Waals surface area contributed by atoms with Gasteiger partial charge in [0.25, 0.3) is 0 Å². The second kappa shape index (κ2) is 5.02. The van der Waals surface area contributed by atoms with Crippen molar-refractivity contribution in [2.24, 2.45) is 5.73 Å². The third-order valence-electron chi connectivity index (χ3n) is 3.10. The van der Waals surface area contributed by atoms with Crippen LogP contribution in [0.4, 0.5) is 8.78 Å². The van der Waals surface area contributed by atoms with Crippen molar-refractivity contribution in [3.8, 4) is 0 Å². The van der Waals surface area contributed by atoms with Crippen LogP contribution in [0, 0.1) is 11.6 Å². The lowest BCUT2D eigenvalue weighted by Gasteiger charge is -2.09. The van der Waals surface area contributed by atoms with Gasteiger partial charge >= 0.3 is 0 Å². The molecule has 1 atom stereocenters. The molecule has 0 aliphatic rings. The molecule has 0 radical (unpaired) electrons. The van der Waals surface area contributed by atoms with Crippen LogP contribution in [0.25, 0.3) is 11.1 Å². The molecule has 0 fully saturated rings. The Morgan fingerprint density at radius 2 is 1.90 bits per heavy atom. The van der Waals surface area contributed by atoms with E-state index < -0.39 is 17.7 Å². The molecule has 0 spiro atoms. The van der Waals surface area contributed by atoms with Crippen molar-refractivity contribution in [2.45, 2.75) is 12.5 Å². The van der Waals surface area contributed by atoms with E-state index in [0.717, 1.165) is 17.6 Å². The van der Waals surface area contributed by atoms with Gasteiger partial charge in [-0.3, -0.25) is 0 Å². The van der Waals surface area contributed by atoms with Gasteiger partial charge in [0.2, 0.25) is 0 Å². The molecule has 2 N–H and O–H groups in total. The molecule has 3 nitrogen and oxygen atoms in total. The van der Waals surface area contributed by atoms with Crippen LogP contribution in [-0.4, -0.2) is 4.98 Å². The van der Waals surface area contributed by atoms with E-state index in [-0.39, 0.29) is 0 Å². The van der Waals surface area contributed by atoms with Crippen molar-refractivity contribution in [1.82, 2.24) is 4.98 Å². The predicted octanol–water partition coefficient (Wildman–Crippen LogP) is 3.35. The van der Waals surface area contributed by atoms with Gasteiger partial charge in [0.15, 0.2) is 23.1 Å². The molecule has 3 aromatic rings. The number of halogens is 2. The van der Waals surface area contributed by atoms with Crippen LogP contribution in [-0.2, 0) is 6.42 Å². The average molecular weight is 274 g/mol. The zero-order valence-electron chi connectivity index (χ0n) is 10.5. The predicted molar refractivity (Wildman–Crippen MR) is 71.0 cm³/mol. The maximum atomic E-state index is 13.2. The molecule has 3 rings (SSSR count). The monoisotopic (exact) mass is 274 g/mol. The van der Waals surface area contributed by atoms with Crippen molar-refractivity contribution < 1.29 is 13.2 Å². The first kappa shape index (κ1) is 12.7. The number of benzene rings is 2. The summed E-state index contributed by atoms with van der Waals surface area (Å²) in [4.78, 5) is 4.30. The Bertz CT molecular complexity index is 721. The SMILES string of the molecule is NC(Cc1nc2ccccc2o1)c1ccc(F)c(F)c1. The highest BCUT2D eigenvalue weighted by Crippen LogP contribution is 2.21. The summed E-state index contributed by atoms with van der Waals surface area (Å²) in [5, 5.41) is 0. The van der Waals surface area contributed by atoms with Gasteiger partial charge < -0.3 is 10.2 Å². The minimum Gasteiger partial charge on any atom is -0.441 e. The second-order valence-corrected chi connectivity index (χ2v) is 4.56. The van der Waals surface area contributed by atoms with E-state index >= 15 is 0 Å². The zero-order chi connectivity index (χ0) is 14.1. The van der Waals surface area contributed by atoms with E-state index in [1.807, 2.05) is 24.3 Å². The molecule has 1 aromatic heterocycles. The average Bonchev–Trinajstić information content (AvgIpc) is 2.83. The summed E-state index contributed by atoms with van der Waals surface area (Å²) in [5.74, 6) is -1.32. The fraction of sp³-hybridized carbons (Fsp3) is 0.133. The molecule has 2 aromatic carbocycles. The smallest absolute Gasteiger partial charge is 0.197 e. The van der Waals surface area contributed by atoms with E-state index in [2.05, 4.69) is 4.98 Å². The van der Waals surface area contributed by atoms with Crippen molar-refractivity contribution in [3.05, 3.63) is 65.6 Å². The van der Waals surface area contributed by atoms with E-state index in [0.29, 0.717) is 23.5 Å². The lowest BCUT2D eigenvalue weighted by atomic mass is 10.0. The van der Waals surface area contributed by atoms with Gasteiger partial charge in [-0.2, -0.15) is 0 Å². The molecule has 0 saturated heterocycles. The number of rotatable bonds is 3. The molecule has 0 saturated carbocycles. The van der Waals surface area contributed by atoms with Gasteiger partial charge in [-0.25, -0.2) is 13.8 Å². The summed E-state index contributed by atoms with van der Waals surface area (Å²) in [6, 6.07) is 10.5. The fourth-order valence-electron chi connectivity index (χ4n) is 2.06. The lowest BCUT2D eigenvalue weighted by molar-refractivity contribution is 0.491. The Labute approximate surface area is 114 Å². The van der Waals surface area contributed by atoms with Crippen LogP contribution in [0.2, 0.25) is 0 Å². The van der Waals surface area contributed by atoms with Gasteiger partial charge in [-0.1, -0.05) is 18.2 Å². The van der Waals surface area contributed by atoms with Crippen molar-refractivity contribution in [2.75, 3.05) is 0 Å². The van der Waals surface area contributed by atoms with Crippen molar-refractivity contribution in [3.63, 3.8) is 0 Å². The normalized spacial score (nSPS) is 12.8. The summed E-state index contributed by atoms with van der Waals surface area (Å²) in [6.07, 6.45) is 0.319. The number of hydrogen-bond acceptors (Lipinski definition) is 3. The highest BCUT2D eigenvalue weighted by molar-refractivity contribution is 5.72. The van der Waals surface area contributed by atoms with Crippen LogP contribution < -0.4 is 5.73 Å². The minimum atomic E-state index is -0.907. The minimum absolute atomic E-state index is 0.319. The Morgan fingerprint density at radius 1 is 1.10 bits per heavy atom. The zero-order valence-corrected chi connectivity index (χ0v) is 10.5. The third-order valence-corrected chi connectivity index (χ3v) is 3.10. The summed E-state index contributed by atoms with van der Waals surface area (Å²) < 4.78 is 31.6. The largest absolute Gasteiger partial charge is 0.441 e. The number of hydrogen-bond donors (Lipinski definition) is 1. The highest BCUT2D eigenvalue weighted by atomic mass is 19.2. The Morgan fingerprint density at radius 3 is 2.65 bits per heavy atom. The molecule has 20 heavy (non-hydrogen) atoms.